The maximum atomic E-state index is 5.42. The zero-order valence-electron chi connectivity index (χ0n) is 14.0. The van der Waals surface area contributed by atoms with E-state index in [2.05, 4.69) is 24.1 Å². The Morgan fingerprint density at radius 2 is 1.68 bits per heavy atom. The molecule has 0 aliphatic carbocycles. The molecule has 6 heteroatoms. The normalized spacial score (nSPS) is 21.9. The van der Waals surface area contributed by atoms with Crippen LogP contribution in [0.2, 0.25) is 0 Å². The van der Waals surface area contributed by atoms with E-state index in [0.29, 0.717) is 29.3 Å². The topological polar surface area (TPSA) is 43.0 Å². The molecule has 1 aromatic rings. The van der Waals surface area contributed by atoms with Gasteiger partial charge in [0.05, 0.1) is 21.3 Å². The number of nitrogens with one attached hydrogen (secondary N) is 1. The van der Waals surface area contributed by atoms with Crippen LogP contribution in [0.3, 0.4) is 0 Å². The van der Waals surface area contributed by atoms with Gasteiger partial charge in [-0.05, 0) is 31.5 Å². The molecule has 0 spiro atoms. The molecule has 2 atom stereocenters. The molecule has 1 aliphatic rings. The second kappa shape index (κ2) is 8.46. The van der Waals surface area contributed by atoms with Crippen LogP contribution in [0.4, 0.5) is 0 Å². The van der Waals surface area contributed by atoms with E-state index < -0.39 is 0 Å². The molecule has 1 N–H and O–H groups in total. The van der Waals surface area contributed by atoms with Crippen molar-refractivity contribution < 1.29 is 14.2 Å². The molecule has 0 bridgehead atoms. The van der Waals surface area contributed by atoms with E-state index in [-0.39, 0.29) is 12.4 Å². The van der Waals surface area contributed by atoms with E-state index in [1.807, 2.05) is 12.1 Å². The highest BCUT2D eigenvalue weighted by Gasteiger charge is 2.23. The smallest absolute Gasteiger partial charge is 0.203 e. The zero-order valence-corrected chi connectivity index (χ0v) is 14.8. The lowest BCUT2D eigenvalue weighted by Gasteiger charge is -2.37. The number of hydrogen-bond donors (Lipinski definition) is 1. The molecule has 1 saturated heterocycles. The fourth-order valence-electron chi connectivity index (χ4n) is 2.78. The summed E-state index contributed by atoms with van der Waals surface area (Å²) in [6, 6.07) is 5.09. The maximum absolute atomic E-state index is 5.42. The first-order valence-corrected chi connectivity index (χ1v) is 7.35. The van der Waals surface area contributed by atoms with Crippen molar-refractivity contribution in [3.05, 3.63) is 17.7 Å². The summed E-state index contributed by atoms with van der Waals surface area (Å²) in [5.74, 6) is 2.07. The highest BCUT2D eigenvalue weighted by molar-refractivity contribution is 5.85. The highest BCUT2D eigenvalue weighted by Crippen LogP contribution is 2.38. The van der Waals surface area contributed by atoms with E-state index in [9.17, 15) is 0 Å². The van der Waals surface area contributed by atoms with Gasteiger partial charge in [0.2, 0.25) is 5.75 Å². The third-order valence-electron chi connectivity index (χ3n) is 4.00. The molecule has 5 nitrogen and oxygen atoms in total. The van der Waals surface area contributed by atoms with Gasteiger partial charge in [-0.3, -0.25) is 4.90 Å². The lowest BCUT2D eigenvalue weighted by Crippen LogP contribution is -2.53. The summed E-state index contributed by atoms with van der Waals surface area (Å²) in [7, 11) is 4.92. The second-order valence-electron chi connectivity index (χ2n) is 5.62. The van der Waals surface area contributed by atoms with Crippen molar-refractivity contribution in [3.8, 4) is 17.2 Å². The van der Waals surface area contributed by atoms with Crippen LogP contribution in [0.25, 0.3) is 0 Å². The molecule has 1 heterocycles. The molecular formula is C16H27ClN2O3. The molecular weight excluding hydrogens is 304 g/mol. The van der Waals surface area contributed by atoms with Gasteiger partial charge >= 0.3 is 0 Å². The minimum Gasteiger partial charge on any atom is -0.493 e. The van der Waals surface area contributed by atoms with Gasteiger partial charge in [-0.15, -0.1) is 12.4 Å². The molecule has 2 rings (SSSR count). The maximum Gasteiger partial charge on any atom is 0.203 e. The van der Waals surface area contributed by atoms with Crippen LogP contribution in [0.15, 0.2) is 12.1 Å². The highest BCUT2D eigenvalue weighted by atomic mass is 35.5. The number of ether oxygens (including phenoxy) is 3. The van der Waals surface area contributed by atoms with Crippen molar-refractivity contribution in [2.45, 2.75) is 32.5 Å². The number of nitrogens with zero attached hydrogens (tertiary/aromatic N) is 1. The number of methoxy groups -OCH3 is 3. The van der Waals surface area contributed by atoms with Crippen molar-refractivity contribution in [1.82, 2.24) is 10.2 Å². The molecule has 126 valence electrons. The van der Waals surface area contributed by atoms with Crippen LogP contribution >= 0.6 is 12.4 Å². The Hall–Kier alpha value is -1.17. The van der Waals surface area contributed by atoms with Gasteiger partial charge in [0.15, 0.2) is 11.5 Å². The molecule has 1 aromatic carbocycles. The minimum absolute atomic E-state index is 0. The Morgan fingerprint density at radius 1 is 1.09 bits per heavy atom. The second-order valence-corrected chi connectivity index (χ2v) is 5.62. The largest absolute Gasteiger partial charge is 0.493 e. The molecule has 2 unspecified atom stereocenters. The van der Waals surface area contributed by atoms with Crippen molar-refractivity contribution in [1.29, 1.82) is 0 Å². The summed E-state index contributed by atoms with van der Waals surface area (Å²) in [6.45, 7) is 7.40. The number of piperazine rings is 1. The fraction of sp³-hybridized carbons (Fsp3) is 0.625. The van der Waals surface area contributed by atoms with Gasteiger partial charge in [-0.25, -0.2) is 0 Å². The quantitative estimate of drug-likeness (QED) is 0.897. The summed E-state index contributed by atoms with van der Waals surface area (Å²) in [4.78, 5) is 2.47. The van der Waals surface area contributed by atoms with E-state index >= 15 is 0 Å². The van der Waals surface area contributed by atoms with Crippen LogP contribution < -0.4 is 19.5 Å². The lowest BCUT2D eigenvalue weighted by atomic mass is 10.1. The predicted octanol–water partition coefficient (Wildman–Crippen LogP) is 2.32. The standard InChI is InChI=1S/C16H26N2O3.ClH/c1-11-9-18(12(2)8-17-11)10-13-6-14(19-3)16(21-5)15(7-13)20-4;/h6-7,11-12,17H,8-10H2,1-5H3;1H. The average Bonchev–Trinajstić information content (AvgIpc) is 2.49. The minimum atomic E-state index is 0. The van der Waals surface area contributed by atoms with E-state index in [4.69, 9.17) is 14.2 Å². The molecule has 22 heavy (non-hydrogen) atoms. The van der Waals surface area contributed by atoms with E-state index in [0.717, 1.165) is 19.6 Å². The third-order valence-corrected chi connectivity index (χ3v) is 4.00. The van der Waals surface area contributed by atoms with E-state index in [1.54, 1.807) is 21.3 Å². The van der Waals surface area contributed by atoms with Crippen molar-refractivity contribution in [3.63, 3.8) is 0 Å². The van der Waals surface area contributed by atoms with Gasteiger partial charge in [0, 0.05) is 31.7 Å². The predicted molar refractivity (Wildman–Crippen MR) is 90.7 cm³/mol. The van der Waals surface area contributed by atoms with Gasteiger partial charge in [0.25, 0.3) is 0 Å². The summed E-state index contributed by atoms with van der Waals surface area (Å²) in [5, 5.41) is 3.50. The summed E-state index contributed by atoms with van der Waals surface area (Å²) in [6.07, 6.45) is 0. The SMILES string of the molecule is COc1cc(CN2CC(C)NCC2C)cc(OC)c1OC.Cl. The van der Waals surface area contributed by atoms with Crippen molar-refractivity contribution in [2.75, 3.05) is 34.4 Å². The Bertz CT molecular complexity index is 459. The summed E-state index contributed by atoms with van der Waals surface area (Å²) in [5.41, 5.74) is 1.17. The van der Waals surface area contributed by atoms with Crippen LogP contribution in [0, 0.1) is 0 Å². The van der Waals surface area contributed by atoms with Gasteiger partial charge in [-0.2, -0.15) is 0 Å². The number of halogens is 1. The van der Waals surface area contributed by atoms with Crippen LogP contribution in [-0.4, -0.2) is 51.4 Å². The molecule has 0 amide bonds. The van der Waals surface area contributed by atoms with Crippen LogP contribution in [0.1, 0.15) is 19.4 Å². The monoisotopic (exact) mass is 330 g/mol. The number of benzene rings is 1. The summed E-state index contributed by atoms with van der Waals surface area (Å²) < 4.78 is 16.2. The molecule has 0 radical (unpaired) electrons. The first-order valence-electron chi connectivity index (χ1n) is 7.35. The van der Waals surface area contributed by atoms with Crippen molar-refractivity contribution in [2.24, 2.45) is 0 Å². The van der Waals surface area contributed by atoms with Gasteiger partial charge in [0.1, 0.15) is 0 Å². The van der Waals surface area contributed by atoms with Gasteiger partial charge < -0.3 is 19.5 Å². The van der Waals surface area contributed by atoms with Crippen LogP contribution in [0.5, 0.6) is 17.2 Å². The number of rotatable bonds is 5. The fourth-order valence-corrected chi connectivity index (χ4v) is 2.78. The Balaban J connectivity index is 0.00000242. The lowest BCUT2D eigenvalue weighted by molar-refractivity contribution is 0.138. The Labute approximate surface area is 139 Å². The average molecular weight is 331 g/mol. The van der Waals surface area contributed by atoms with Gasteiger partial charge in [-0.1, -0.05) is 0 Å². The first-order chi connectivity index (χ1) is 10.1. The third kappa shape index (κ3) is 4.18. The molecule has 0 saturated carbocycles. The zero-order chi connectivity index (χ0) is 15.4. The Morgan fingerprint density at radius 3 is 2.18 bits per heavy atom. The van der Waals surface area contributed by atoms with Crippen molar-refractivity contribution >= 4 is 12.4 Å². The number of hydrogen-bond acceptors (Lipinski definition) is 5. The van der Waals surface area contributed by atoms with Crippen LogP contribution in [-0.2, 0) is 6.54 Å². The molecule has 1 fully saturated rings. The summed E-state index contributed by atoms with van der Waals surface area (Å²) >= 11 is 0. The molecule has 0 aromatic heterocycles. The van der Waals surface area contributed by atoms with E-state index in [1.165, 1.54) is 5.56 Å². The Kier molecular flexibility index (Phi) is 7.26. The molecule has 1 aliphatic heterocycles. The first kappa shape index (κ1) is 18.9.